The smallest absolute Gasteiger partial charge is 0.191 e. The van der Waals surface area contributed by atoms with E-state index in [0.29, 0.717) is 6.54 Å². The zero-order valence-corrected chi connectivity index (χ0v) is 20.1. The summed E-state index contributed by atoms with van der Waals surface area (Å²) in [5.41, 5.74) is 5.90. The zero-order valence-electron chi connectivity index (χ0n) is 17.8. The van der Waals surface area contributed by atoms with Gasteiger partial charge in [-0.1, -0.05) is 30.3 Å². The SMILES string of the molecule is CCNC(=NCc1cccc(-c2ncn[nH]2)c1)NCCc1c[nH]c2cc(C)ccc12.I. The number of hydrogen-bond acceptors (Lipinski definition) is 3. The number of halogens is 1. The van der Waals surface area contributed by atoms with E-state index in [1.807, 2.05) is 12.1 Å². The van der Waals surface area contributed by atoms with Crippen molar-refractivity contribution in [3.8, 4) is 11.4 Å². The Bertz CT molecular complexity index is 1130. The minimum absolute atomic E-state index is 0. The second-order valence-corrected chi connectivity index (χ2v) is 7.27. The number of nitrogens with one attached hydrogen (secondary N) is 4. The molecule has 0 aliphatic carbocycles. The molecule has 0 bridgehead atoms. The van der Waals surface area contributed by atoms with Crippen LogP contribution in [0.3, 0.4) is 0 Å². The highest BCUT2D eigenvalue weighted by molar-refractivity contribution is 14.0. The number of aromatic amines is 2. The molecule has 7 nitrogen and oxygen atoms in total. The molecular formula is C23H28IN7. The van der Waals surface area contributed by atoms with Gasteiger partial charge in [0.2, 0.25) is 0 Å². The van der Waals surface area contributed by atoms with Crippen LogP contribution in [0.4, 0.5) is 0 Å². The van der Waals surface area contributed by atoms with Crippen molar-refractivity contribution in [1.29, 1.82) is 0 Å². The molecule has 2 aromatic carbocycles. The van der Waals surface area contributed by atoms with Gasteiger partial charge in [-0.25, -0.2) is 9.98 Å². The van der Waals surface area contributed by atoms with Crippen LogP contribution in [0.25, 0.3) is 22.3 Å². The largest absolute Gasteiger partial charge is 0.361 e. The Hall–Kier alpha value is -2.88. The van der Waals surface area contributed by atoms with Gasteiger partial charge in [-0.15, -0.1) is 24.0 Å². The second kappa shape index (κ2) is 10.9. The van der Waals surface area contributed by atoms with E-state index in [2.05, 4.69) is 81.2 Å². The topological polar surface area (TPSA) is 93.8 Å². The molecule has 0 spiro atoms. The molecule has 0 aliphatic heterocycles. The molecule has 0 fully saturated rings. The van der Waals surface area contributed by atoms with E-state index in [1.165, 1.54) is 28.4 Å². The van der Waals surface area contributed by atoms with Crippen LogP contribution in [0.15, 0.2) is 60.0 Å². The van der Waals surface area contributed by atoms with Crippen molar-refractivity contribution in [2.45, 2.75) is 26.8 Å². The van der Waals surface area contributed by atoms with Gasteiger partial charge < -0.3 is 15.6 Å². The Labute approximate surface area is 199 Å². The number of nitrogens with zero attached hydrogens (tertiary/aromatic N) is 3. The van der Waals surface area contributed by atoms with Gasteiger partial charge in [-0.3, -0.25) is 5.10 Å². The molecule has 31 heavy (non-hydrogen) atoms. The number of aryl methyl sites for hydroxylation is 1. The first-order valence-electron chi connectivity index (χ1n) is 10.3. The van der Waals surface area contributed by atoms with Crippen molar-refractivity contribution < 1.29 is 0 Å². The fourth-order valence-corrected chi connectivity index (χ4v) is 3.50. The molecule has 0 atom stereocenters. The summed E-state index contributed by atoms with van der Waals surface area (Å²) in [7, 11) is 0. The number of aromatic nitrogens is 4. The van der Waals surface area contributed by atoms with Crippen LogP contribution >= 0.6 is 24.0 Å². The molecular weight excluding hydrogens is 501 g/mol. The molecule has 4 aromatic rings. The normalized spacial score (nSPS) is 11.4. The van der Waals surface area contributed by atoms with Gasteiger partial charge in [0.15, 0.2) is 11.8 Å². The molecule has 2 heterocycles. The fourth-order valence-electron chi connectivity index (χ4n) is 3.50. The Morgan fingerprint density at radius 3 is 2.84 bits per heavy atom. The molecule has 162 valence electrons. The molecule has 0 saturated heterocycles. The monoisotopic (exact) mass is 529 g/mol. The number of fused-ring (bicyclic) bond motifs is 1. The van der Waals surface area contributed by atoms with Crippen molar-refractivity contribution >= 4 is 40.8 Å². The minimum Gasteiger partial charge on any atom is -0.361 e. The maximum atomic E-state index is 4.74. The van der Waals surface area contributed by atoms with E-state index in [-0.39, 0.29) is 24.0 Å². The standard InChI is InChI=1S/C23H27N7.HI/c1-3-24-23(25-10-9-19-14-26-21-11-16(2)7-8-20(19)21)27-13-17-5-4-6-18(12-17)22-28-15-29-30-22;/h4-8,11-12,14-15,26H,3,9-10,13H2,1-2H3,(H2,24,25,27)(H,28,29,30);1H. The quantitative estimate of drug-likeness (QED) is 0.164. The van der Waals surface area contributed by atoms with E-state index in [9.17, 15) is 0 Å². The molecule has 0 unspecified atom stereocenters. The van der Waals surface area contributed by atoms with Crippen LogP contribution < -0.4 is 10.6 Å². The van der Waals surface area contributed by atoms with Crippen LogP contribution in [0.2, 0.25) is 0 Å². The van der Waals surface area contributed by atoms with Gasteiger partial charge >= 0.3 is 0 Å². The molecule has 0 radical (unpaired) electrons. The summed E-state index contributed by atoms with van der Waals surface area (Å²) < 4.78 is 0. The van der Waals surface area contributed by atoms with Crippen molar-refractivity contribution in [2.24, 2.45) is 4.99 Å². The maximum absolute atomic E-state index is 4.74. The van der Waals surface area contributed by atoms with E-state index in [4.69, 9.17) is 4.99 Å². The van der Waals surface area contributed by atoms with Crippen LogP contribution in [0, 0.1) is 6.92 Å². The van der Waals surface area contributed by atoms with Gasteiger partial charge in [0, 0.05) is 35.8 Å². The summed E-state index contributed by atoms with van der Waals surface area (Å²) in [4.78, 5) is 12.3. The summed E-state index contributed by atoms with van der Waals surface area (Å²) in [6.07, 6.45) is 4.54. The third-order valence-corrected chi connectivity index (χ3v) is 4.99. The lowest BCUT2D eigenvalue weighted by Crippen LogP contribution is -2.38. The van der Waals surface area contributed by atoms with Gasteiger partial charge in [0.25, 0.3) is 0 Å². The lowest BCUT2D eigenvalue weighted by atomic mass is 10.1. The van der Waals surface area contributed by atoms with Gasteiger partial charge in [-0.2, -0.15) is 5.10 Å². The van der Waals surface area contributed by atoms with E-state index in [0.717, 1.165) is 42.4 Å². The molecule has 4 rings (SSSR count). The molecule has 8 heteroatoms. The van der Waals surface area contributed by atoms with Gasteiger partial charge in [0.1, 0.15) is 6.33 Å². The number of aliphatic imine (C=N–C) groups is 1. The molecule has 0 saturated carbocycles. The average molecular weight is 529 g/mol. The highest BCUT2D eigenvalue weighted by atomic mass is 127. The molecule has 0 amide bonds. The lowest BCUT2D eigenvalue weighted by molar-refractivity contribution is 0.801. The average Bonchev–Trinajstić information content (AvgIpc) is 3.42. The summed E-state index contributed by atoms with van der Waals surface area (Å²) in [6.45, 7) is 6.40. The predicted octanol–water partition coefficient (Wildman–Crippen LogP) is 4.18. The molecule has 2 aromatic heterocycles. The van der Waals surface area contributed by atoms with Crippen molar-refractivity contribution in [3.05, 3.63) is 71.7 Å². The van der Waals surface area contributed by atoms with Crippen LogP contribution in [-0.4, -0.2) is 39.2 Å². The number of rotatable bonds is 7. The first-order chi connectivity index (χ1) is 14.7. The Morgan fingerprint density at radius 2 is 2.03 bits per heavy atom. The van der Waals surface area contributed by atoms with Crippen molar-refractivity contribution in [1.82, 2.24) is 30.8 Å². The van der Waals surface area contributed by atoms with Crippen molar-refractivity contribution in [3.63, 3.8) is 0 Å². The first-order valence-corrected chi connectivity index (χ1v) is 10.3. The fraction of sp³-hybridized carbons (Fsp3) is 0.261. The second-order valence-electron chi connectivity index (χ2n) is 7.27. The van der Waals surface area contributed by atoms with E-state index in [1.54, 1.807) is 0 Å². The van der Waals surface area contributed by atoms with Crippen LogP contribution in [0.1, 0.15) is 23.6 Å². The van der Waals surface area contributed by atoms with Crippen LogP contribution in [-0.2, 0) is 13.0 Å². The van der Waals surface area contributed by atoms with Crippen LogP contribution in [0.5, 0.6) is 0 Å². The summed E-state index contributed by atoms with van der Waals surface area (Å²) in [5.74, 6) is 1.58. The van der Waals surface area contributed by atoms with E-state index < -0.39 is 0 Å². The Kier molecular flexibility index (Phi) is 8.05. The minimum atomic E-state index is 0. The lowest BCUT2D eigenvalue weighted by Gasteiger charge is -2.11. The zero-order chi connectivity index (χ0) is 20.8. The van der Waals surface area contributed by atoms with Crippen molar-refractivity contribution in [2.75, 3.05) is 13.1 Å². The molecule has 0 aliphatic rings. The number of benzene rings is 2. The summed E-state index contributed by atoms with van der Waals surface area (Å²) in [5, 5.41) is 14.9. The number of guanidine groups is 1. The highest BCUT2D eigenvalue weighted by Gasteiger charge is 2.05. The Morgan fingerprint density at radius 1 is 1.13 bits per heavy atom. The van der Waals surface area contributed by atoms with Gasteiger partial charge in [0.05, 0.1) is 6.54 Å². The summed E-state index contributed by atoms with van der Waals surface area (Å²) >= 11 is 0. The van der Waals surface area contributed by atoms with Gasteiger partial charge in [-0.05, 0) is 49.1 Å². The third kappa shape index (κ3) is 5.84. The highest BCUT2D eigenvalue weighted by Crippen LogP contribution is 2.19. The molecule has 4 N–H and O–H groups in total. The first kappa shape index (κ1) is 22.8. The number of hydrogen-bond donors (Lipinski definition) is 4. The third-order valence-electron chi connectivity index (χ3n) is 4.99. The predicted molar refractivity (Wildman–Crippen MR) is 137 cm³/mol. The summed E-state index contributed by atoms with van der Waals surface area (Å²) in [6, 6.07) is 14.7. The Balaban J connectivity index is 0.00000272. The maximum Gasteiger partial charge on any atom is 0.191 e. The van der Waals surface area contributed by atoms with E-state index >= 15 is 0 Å². The number of H-pyrrole nitrogens is 2.